The van der Waals surface area contributed by atoms with E-state index in [9.17, 15) is 9.59 Å². The maximum absolute atomic E-state index is 11.7. The number of aromatic nitrogens is 2. The van der Waals surface area contributed by atoms with Crippen LogP contribution in [-0.2, 0) is 4.74 Å². The molecule has 100 valence electrons. The molecule has 0 bridgehead atoms. The number of hydrogen-bond acceptors (Lipinski definition) is 4. The molecular formula is C15H12N2O3. The molecule has 0 saturated heterocycles. The second-order valence-corrected chi connectivity index (χ2v) is 4.35. The van der Waals surface area contributed by atoms with Crippen molar-refractivity contribution in [1.82, 2.24) is 9.97 Å². The lowest BCUT2D eigenvalue weighted by atomic mass is 10.1. The second kappa shape index (κ2) is 4.77. The van der Waals surface area contributed by atoms with Crippen molar-refractivity contribution in [3.05, 3.63) is 41.7 Å². The summed E-state index contributed by atoms with van der Waals surface area (Å²) in [6.45, 7) is 2.04. The second-order valence-electron chi connectivity index (χ2n) is 4.35. The van der Waals surface area contributed by atoms with E-state index in [-0.39, 0.29) is 5.69 Å². The summed E-state index contributed by atoms with van der Waals surface area (Å²) in [5.41, 5.74) is 2.44. The molecule has 0 aliphatic heterocycles. The molecule has 0 aliphatic carbocycles. The average molecular weight is 268 g/mol. The number of benzene rings is 1. The summed E-state index contributed by atoms with van der Waals surface area (Å²) in [5.74, 6) is -0.465. The summed E-state index contributed by atoms with van der Waals surface area (Å²) in [6.07, 6.45) is 2.39. The fraction of sp³-hybridized carbons (Fsp3) is 0.133. The molecule has 1 N–H and O–H groups in total. The van der Waals surface area contributed by atoms with E-state index in [0.717, 1.165) is 28.1 Å². The van der Waals surface area contributed by atoms with Crippen LogP contribution in [0.4, 0.5) is 0 Å². The zero-order valence-electron chi connectivity index (χ0n) is 10.8. The standard InChI is InChI=1S/C15H12N2O3/c1-2-20-15(19)12-6-10-13(7-16-12)17-11-5-3-4-9(8-18)14(10)11/h3-8,17H,2H2,1H3. The molecule has 1 aromatic carbocycles. The van der Waals surface area contributed by atoms with Crippen molar-refractivity contribution >= 4 is 34.1 Å². The molecule has 0 radical (unpaired) electrons. The predicted octanol–water partition coefficient (Wildman–Crippen LogP) is 2.71. The number of rotatable bonds is 3. The molecule has 3 aromatic rings. The summed E-state index contributed by atoms with van der Waals surface area (Å²) in [5, 5.41) is 1.59. The third-order valence-electron chi connectivity index (χ3n) is 3.15. The van der Waals surface area contributed by atoms with Crippen LogP contribution in [0.5, 0.6) is 0 Å². The number of fused-ring (bicyclic) bond motifs is 3. The minimum atomic E-state index is -0.465. The van der Waals surface area contributed by atoms with Gasteiger partial charge in [-0.05, 0) is 19.1 Å². The summed E-state index contributed by atoms with van der Waals surface area (Å²) >= 11 is 0. The first-order chi connectivity index (χ1) is 9.74. The minimum Gasteiger partial charge on any atom is -0.461 e. The van der Waals surface area contributed by atoms with Gasteiger partial charge in [0.15, 0.2) is 6.29 Å². The average Bonchev–Trinajstić information content (AvgIpc) is 2.85. The Kier molecular flexibility index (Phi) is 2.95. The van der Waals surface area contributed by atoms with Gasteiger partial charge in [-0.1, -0.05) is 12.1 Å². The van der Waals surface area contributed by atoms with Gasteiger partial charge in [0.1, 0.15) is 5.69 Å². The molecule has 0 unspecified atom stereocenters. The molecule has 0 atom stereocenters. The number of nitrogens with zero attached hydrogens (tertiary/aromatic N) is 1. The fourth-order valence-electron chi connectivity index (χ4n) is 2.30. The van der Waals surface area contributed by atoms with E-state index in [2.05, 4.69) is 9.97 Å². The van der Waals surface area contributed by atoms with Crippen molar-refractivity contribution in [2.75, 3.05) is 6.61 Å². The van der Waals surface area contributed by atoms with Gasteiger partial charge in [0.05, 0.1) is 18.3 Å². The monoisotopic (exact) mass is 268 g/mol. The molecule has 0 aliphatic rings. The van der Waals surface area contributed by atoms with Gasteiger partial charge in [0.2, 0.25) is 0 Å². The van der Waals surface area contributed by atoms with Crippen molar-refractivity contribution in [2.24, 2.45) is 0 Å². The molecule has 3 rings (SSSR count). The number of nitrogens with one attached hydrogen (secondary N) is 1. The molecule has 5 heteroatoms. The Labute approximate surface area is 114 Å². The number of pyridine rings is 1. The maximum atomic E-state index is 11.7. The van der Waals surface area contributed by atoms with Crippen molar-refractivity contribution in [3.8, 4) is 0 Å². The van der Waals surface area contributed by atoms with Gasteiger partial charge in [0.25, 0.3) is 0 Å². The van der Waals surface area contributed by atoms with Crippen LogP contribution in [0.15, 0.2) is 30.5 Å². The minimum absolute atomic E-state index is 0.237. The number of carbonyl (C=O) groups excluding carboxylic acids is 2. The summed E-state index contributed by atoms with van der Waals surface area (Å²) < 4.78 is 4.94. The van der Waals surface area contributed by atoms with E-state index in [0.29, 0.717) is 12.2 Å². The number of aldehydes is 1. The van der Waals surface area contributed by atoms with Crippen molar-refractivity contribution in [1.29, 1.82) is 0 Å². The highest BCUT2D eigenvalue weighted by atomic mass is 16.5. The van der Waals surface area contributed by atoms with Crippen molar-refractivity contribution in [2.45, 2.75) is 6.92 Å². The molecule has 2 aromatic heterocycles. The number of ether oxygens (including phenoxy) is 1. The van der Waals surface area contributed by atoms with E-state index in [1.54, 1.807) is 31.3 Å². The Morgan fingerprint density at radius 1 is 1.40 bits per heavy atom. The predicted molar refractivity (Wildman–Crippen MR) is 74.9 cm³/mol. The highest BCUT2D eigenvalue weighted by Gasteiger charge is 2.13. The van der Waals surface area contributed by atoms with E-state index >= 15 is 0 Å². The van der Waals surface area contributed by atoms with Crippen LogP contribution >= 0.6 is 0 Å². The topological polar surface area (TPSA) is 72.0 Å². The van der Waals surface area contributed by atoms with Gasteiger partial charge in [0, 0.05) is 21.9 Å². The Morgan fingerprint density at radius 3 is 3.00 bits per heavy atom. The van der Waals surface area contributed by atoms with Crippen LogP contribution in [0.2, 0.25) is 0 Å². The molecule has 5 nitrogen and oxygen atoms in total. The smallest absolute Gasteiger partial charge is 0.356 e. The molecule has 0 saturated carbocycles. The van der Waals surface area contributed by atoms with Gasteiger partial charge in [-0.3, -0.25) is 4.79 Å². The van der Waals surface area contributed by atoms with Crippen LogP contribution in [-0.4, -0.2) is 28.8 Å². The Morgan fingerprint density at radius 2 is 2.25 bits per heavy atom. The quantitative estimate of drug-likeness (QED) is 0.585. The zero-order chi connectivity index (χ0) is 14.1. The lowest BCUT2D eigenvalue weighted by molar-refractivity contribution is 0.0519. The van der Waals surface area contributed by atoms with E-state index in [4.69, 9.17) is 4.74 Å². The SMILES string of the molecule is CCOC(=O)c1cc2c(cn1)[nH]c1cccc(C=O)c12. The third kappa shape index (κ3) is 1.84. The molecule has 20 heavy (non-hydrogen) atoms. The molecule has 0 spiro atoms. The largest absolute Gasteiger partial charge is 0.461 e. The Bertz CT molecular complexity index is 820. The molecule has 0 fully saturated rings. The fourth-order valence-corrected chi connectivity index (χ4v) is 2.30. The summed E-state index contributed by atoms with van der Waals surface area (Å²) in [7, 11) is 0. The number of H-pyrrole nitrogens is 1. The van der Waals surface area contributed by atoms with E-state index < -0.39 is 5.97 Å². The van der Waals surface area contributed by atoms with Crippen LogP contribution in [0.1, 0.15) is 27.8 Å². The highest BCUT2D eigenvalue weighted by Crippen LogP contribution is 2.27. The van der Waals surface area contributed by atoms with Crippen molar-refractivity contribution < 1.29 is 14.3 Å². The van der Waals surface area contributed by atoms with E-state index in [1.807, 2.05) is 6.07 Å². The summed E-state index contributed by atoms with van der Waals surface area (Å²) in [4.78, 5) is 30.2. The summed E-state index contributed by atoms with van der Waals surface area (Å²) in [6, 6.07) is 7.08. The highest BCUT2D eigenvalue weighted by molar-refractivity contribution is 6.14. The van der Waals surface area contributed by atoms with Gasteiger partial charge >= 0.3 is 5.97 Å². The number of carbonyl (C=O) groups is 2. The van der Waals surface area contributed by atoms with Gasteiger partial charge in [-0.15, -0.1) is 0 Å². The number of esters is 1. The Balaban J connectivity index is 2.29. The number of hydrogen-bond donors (Lipinski definition) is 1. The number of aromatic amines is 1. The van der Waals surface area contributed by atoms with Crippen molar-refractivity contribution in [3.63, 3.8) is 0 Å². The molecule has 2 heterocycles. The Hall–Kier alpha value is -2.69. The first kappa shape index (κ1) is 12.3. The van der Waals surface area contributed by atoms with Crippen LogP contribution < -0.4 is 0 Å². The van der Waals surface area contributed by atoms with Gasteiger partial charge in [-0.2, -0.15) is 0 Å². The van der Waals surface area contributed by atoms with Gasteiger partial charge < -0.3 is 9.72 Å². The normalized spacial score (nSPS) is 10.8. The van der Waals surface area contributed by atoms with Crippen LogP contribution in [0.25, 0.3) is 21.8 Å². The van der Waals surface area contributed by atoms with E-state index in [1.165, 1.54) is 0 Å². The van der Waals surface area contributed by atoms with Crippen LogP contribution in [0, 0.1) is 0 Å². The van der Waals surface area contributed by atoms with Gasteiger partial charge in [-0.25, -0.2) is 9.78 Å². The first-order valence-electron chi connectivity index (χ1n) is 6.27. The lowest BCUT2D eigenvalue weighted by Crippen LogP contribution is -2.06. The van der Waals surface area contributed by atoms with Crippen LogP contribution in [0.3, 0.4) is 0 Å². The first-order valence-corrected chi connectivity index (χ1v) is 6.27. The lowest BCUT2D eigenvalue weighted by Gasteiger charge is -2.01. The zero-order valence-corrected chi connectivity index (χ0v) is 10.8. The maximum Gasteiger partial charge on any atom is 0.356 e. The third-order valence-corrected chi connectivity index (χ3v) is 3.15. The molecule has 0 amide bonds. The molecular weight excluding hydrogens is 256 g/mol.